The fraction of sp³-hybridized carbons (Fsp3) is 0.263. The number of halogens is 1. The molecule has 0 spiro atoms. The summed E-state index contributed by atoms with van der Waals surface area (Å²) < 4.78 is 0.804. The van der Waals surface area contributed by atoms with Crippen molar-refractivity contribution in [1.82, 2.24) is 5.32 Å². The Morgan fingerprint density at radius 3 is 2.29 bits per heavy atom. The maximum atomic E-state index is 12.5. The maximum Gasteiger partial charge on any atom is 0.240 e. The van der Waals surface area contributed by atoms with E-state index in [0.29, 0.717) is 25.1 Å². The second-order valence-corrected chi connectivity index (χ2v) is 6.86. The number of para-hydroxylation sites is 1. The number of rotatable bonds is 6. The summed E-state index contributed by atoms with van der Waals surface area (Å²) >= 11 is 3.40. The first-order chi connectivity index (χ1) is 11.6. The van der Waals surface area contributed by atoms with Crippen molar-refractivity contribution < 1.29 is 9.59 Å². The van der Waals surface area contributed by atoms with Crippen LogP contribution in [0.2, 0.25) is 0 Å². The van der Waals surface area contributed by atoms with Gasteiger partial charge in [0.25, 0.3) is 0 Å². The van der Waals surface area contributed by atoms with Crippen molar-refractivity contribution in [2.24, 2.45) is 5.41 Å². The second-order valence-electron chi connectivity index (χ2n) is 6.01. The van der Waals surface area contributed by atoms with Crippen molar-refractivity contribution in [3.8, 4) is 0 Å². The van der Waals surface area contributed by atoms with Gasteiger partial charge in [-0.15, -0.1) is 0 Å². The van der Waals surface area contributed by atoms with Gasteiger partial charge in [0.1, 0.15) is 5.41 Å². The summed E-state index contributed by atoms with van der Waals surface area (Å²) in [6.45, 7) is 0.535. The molecule has 0 aliphatic heterocycles. The molecule has 0 radical (unpaired) electrons. The zero-order valence-electron chi connectivity index (χ0n) is 13.2. The van der Waals surface area contributed by atoms with Crippen molar-refractivity contribution in [3.63, 3.8) is 0 Å². The Hall–Kier alpha value is -2.14. The summed E-state index contributed by atoms with van der Waals surface area (Å²) in [5, 5.41) is 5.76. The third-order valence-corrected chi connectivity index (χ3v) is 4.97. The van der Waals surface area contributed by atoms with Crippen LogP contribution in [0.25, 0.3) is 0 Å². The number of carbonyl (C=O) groups excluding carboxylic acids is 2. The van der Waals surface area contributed by atoms with Crippen LogP contribution in [-0.4, -0.2) is 18.4 Å². The molecule has 0 atom stereocenters. The van der Waals surface area contributed by atoms with Gasteiger partial charge in [0, 0.05) is 11.0 Å². The average molecular weight is 387 g/mol. The highest BCUT2D eigenvalue weighted by atomic mass is 79.9. The molecule has 3 rings (SSSR count). The molecule has 1 aliphatic rings. The molecule has 2 amide bonds. The van der Waals surface area contributed by atoms with Crippen LogP contribution in [0.4, 0.5) is 5.69 Å². The van der Waals surface area contributed by atoms with Gasteiger partial charge in [-0.2, -0.15) is 0 Å². The monoisotopic (exact) mass is 386 g/mol. The smallest absolute Gasteiger partial charge is 0.240 e. The largest absolute Gasteiger partial charge is 0.355 e. The van der Waals surface area contributed by atoms with Crippen LogP contribution in [0.15, 0.2) is 59.1 Å². The Kier molecular flexibility index (Phi) is 5.00. The maximum absolute atomic E-state index is 12.5. The number of benzene rings is 2. The molecule has 1 aliphatic carbocycles. The lowest BCUT2D eigenvalue weighted by molar-refractivity contribution is -0.134. The number of carbonyl (C=O) groups is 2. The molecule has 2 aromatic carbocycles. The topological polar surface area (TPSA) is 58.2 Å². The molecule has 5 heteroatoms. The molecule has 0 unspecified atom stereocenters. The second kappa shape index (κ2) is 7.18. The van der Waals surface area contributed by atoms with E-state index in [2.05, 4.69) is 26.6 Å². The molecule has 2 N–H and O–H groups in total. The fourth-order valence-corrected chi connectivity index (χ4v) is 3.00. The molecule has 2 aromatic rings. The van der Waals surface area contributed by atoms with E-state index in [1.807, 2.05) is 54.6 Å². The molecule has 0 bridgehead atoms. The predicted molar refractivity (Wildman–Crippen MR) is 97.6 cm³/mol. The van der Waals surface area contributed by atoms with Crippen molar-refractivity contribution in [2.45, 2.75) is 19.3 Å². The molecule has 24 heavy (non-hydrogen) atoms. The van der Waals surface area contributed by atoms with Gasteiger partial charge in [0.05, 0.1) is 5.69 Å². The summed E-state index contributed by atoms with van der Waals surface area (Å²) in [5.41, 5.74) is 0.942. The molecular formula is C19H19BrN2O2. The normalized spacial score (nSPS) is 14.7. The number of hydrogen-bond acceptors (Lipinski definition) is 2. The first-order valence-corrected chi connectivity index (χ1v) is 8.79. The van der Waals surface area contributed by atoms with Gasteiger partial charge in [0.15, 0.2) is 0 Å². The summed E-state index contributed by atoms with van der Waals surface area (Å²) in [5.74, 6) is -0.408. The molecule has 4 nitrogen and oxygen atoms in total. The molecule has 124 valence electrons. The number of amides is 2. The van der Waals surface area contributed by atoms with Crippen LogP contribution < -0.4 is 10.6 Å². The Morgan fingerprint density at radius 2 is 1.62 bits per heavy atom. The Bertz CT molecular complexity index is 742. The van der Waals surface area contributed by atoms with E-state index in [1.165, 1.54) is 5.56 Å². The van der Waals surface area contributed by atoms with Gasteiger partial charge in [-0.05, 0) is 52.9 Å². The van der Waals surface area contributed by atoms with Gasteiger partial charge in [0.2, 0.25) is 11.8 Å². The van der Waals surface area contributed by atoms with E-state index in [0.717, 1.165) is 10.9 Å². The highest BCUT2D eigenvalue weighted by molar-refractivity contribution is 9.10. The van der Waals surface area contributed by atoms with E-state index in [9.17, 15) is 9.59 Å². The van der Waals surface area contributed by atoms with Crippen molar-refractivity contribution in [2.75, 3.05) is 11.9 Å². The Morgan fingerprint density at radius 1 is 0.958 bits per heavy atom. The summed E-state index contributed by atoms with van der Waals surface area (Å²) in [7, 11) is 0. The lowest BCUT2D eigenvalue weighted by atomic mass is 10.0. The first kappa shape index (κ1) is 16.7. The molecular weight excluding hydrogens is 368 g/mol. The minimum absolute atomic E-state index is 0.178. The number of anilines is 1. The van der Waals surface area contributed by atoms with Crippen LogP contribution >= 0.6 is 15.9 Å². The van der Waals surface area contributed by atoms with Crippen molar-refractivity contribution in [3.05, 3.63) is 64.6 Å². The Balaban J connectivity index is 1.56. The minimum Gasteiger partial charge on any atom is -0.355 e. The van der Waals surface area contributed by atoms with Crippen LogP contribution in [0.3, 0.4) is 0 Å². The standard InChI is InChI=1S/C19H19BrN2O2/c20-15-8-4-5-9-16(15)22-18(24)19(11-12-19)17(23)21-13-10-14-6-2-1-3-7-14/h1-9H,10-13H2,(H,21,23)(H,22,24). The van der Waals surface area contributed by atoms with Gasteiger partial charge < -0.3 is 10.6 Å². The third kappa shape index (κ3) is 3.67. The molecule has 0 saturated heterocycles. The Labute approximate surface area is 149 Å². The van der Waals surface area contributed by atoms with E-state index >= 15 is 0 Å². The van der Waals surface area contributed by atoms with Gasteiger partial charge in [-0.25, -0.2) is 0 Å². The molecule has 0 heterocycles. The zero-order chi connectivity index (χ0) is 17.0. The van der Waals surface area contributed by atoms with E-state index in [1.54, 1.807) is 0 Å². The third-order valence-electron chi connectivity index (χ3n) is 4.28. The zero-order valence-corrected chi connectivity index (χ0v) is 14.8. The van der Waals surface area contributed by atoms with Crippen LogP contribution in [0, 0.1) is 5.41 Å². The van der Waals surface area contributed by atoms with E-state index in [-0.39, 0.29) is 11.8 Å². The summed E-state index contributed by atoms with van der Waals surface area (Å²) in [6.07, 6.45) is 1.95. The first-order valence-electron chi connectivity index (χ1n) is 8.00. The highest BCUT2D eigenvalue weighted by Crippen LogP contribution is 2.47. The van der Waals surface area contributed by atoms with Crippen LogP contribution in [0.5, 0.6) is 0 Å². The molecule has 0 aromatic heterocycles. The predicted octanol–water partition coefficient (Wildman–Crippen LogP) is 3.53. The summed E-state index contributed by atoms with van der Waals surface area (Å²) in [6, 6.07) is 17.4. The number of nitrogens with one attached hydrogen (secondary N) is 2. The van der Waals surface area contributed by atoms with Gasteiger partial charge >= 0.3 is 0 Å². The SMILES string of the molecule is O=C(NCCc1ccccc1)C1(C(=O)Nc2ccccc2Br)CC1. The van der Waals surface area contributed by atoms with Crippen LogP contribution in [-0.2, 0) is 16.0 Å². The number of hydrogen-bond donors (Lipinski definition) is 2. The van der Waals surface area contributed by atoms with E-state index in [4.69, 9.17) is 0 Å². The quantitative estimate of drug-likeness (QED) is 0.746. The van der Waals surface area contributed by atoms with E-state index < -0.39 is 5.41 Å². The molecule has 1 fully saturated rings. The van der Waals surface area contributed by atoms with Gasteiger partial charge in [-0.3, -0.25) is 9.59 Å². The lowest BCUT2D eigenvalue weighted by Crippen LogP contribution is -2.40. The average Bonchev–Trinajstić information content (AvgIpc) is 3.40. The van der Waals surface area contributed by atoms with Crippen LogP contribution in [0.1, 0.15) is 18.4 Å². The van der Waals surface area contributed by atoms with Crippen molar-refractivity contribution >= 4 is 33.4 Å². The molecule has 1 saturated carbocycles. The van der Waals surface area contributed by atoms with Crippen molar-refractivity contribution in [1.29, 1.82) is 0 Å². The minimum atomic E-state index is -0.911. The lowest BCUT2D eigenvalue weighted by Gasteiger charge is -2.16. The summed E-state index contributed by atoms with van der Waals surface area (Å²) in [4.78, 5) is 25.0. The fourth-order valence-electron chi connectivity index (χ4n) is 2.62. The van der Waals surface area contributed by atoms with Gasteiger partial charge in [-0.1, -0.05) is 42.5 Å². The highest BCUT2D eigenvalue weighted by Gasteiger charge is 2.56.